The van der Waals surface area contributed by atoms with Crippen LogP contribution in [0.1, 0.15) is 50.5 Å². The van der Waals surface area contributed by atoms with E-state index in [1.54, 1.807) is 19.1 Å². The number of carbonyl (C=O) groups excluding carboxylic acids is 2. The zero-order valence-corrected chi connectivity index (χ0v) is 14.6. The van der Waals surface area contributed by atoms with Gasteiger partial charge in [-0.3, -0.25) is 4.79 Å². The molecule has 0 saturated carbocycles. The van der Waals surface area contributed by atoms with Gasteiger partial charge in [0.1, 0.15) is 0 Å². The van der Waals surface area contributed by atoms with E-state index in [9.17, 15) is 9.59 Å². The average Bonchev–Trinajstić information content (AvgIpc) is 2.50. The van der Waals surface area contributed by atoms with Crippen LogP contribution in [-0.2, 0) is 20.9 Å². The molecular weight excluding hydrogens is 294 g/mol. The maximum Gasteiger partial charge on any atom is 0.338 e. The Labute approximate surface area is 138 Å². The van der Waals surface area contributed by atoms with Crippen molar-refractivity contribution in [3.63, 3.8) is 0 Å². The third-order valence-corrected chi connectivity index (χ3v) is 3.11. The zero-order valence-electron chi connectivity index (χ0n) is 14.6. The molecule has 128 valence electrons. The van der Waals surface area contributed by atoms with Gasteiger partial charge in [-0.15, -0.1) is 0 Å². The number of esters is 1. The summed E-state index contributed by atoms with van der Waals surface area (Å²) in [6.45, 7) is 10.6. The summed E-state index contributed by atoms with van der Waals surface area (Å²) >= 11 is 0. The molecule has 0 heterocycles. The van der Waals surface area contributed by atoms with Crippen molar-refractivity contribution in [2.24, 2.45) is 5.92 Å². The van der Waals surface area contributed by atoms with Gasteiger partial charge in [-0.2, -0.15) is 0 Å². The van der Waals surface area contributed by atoms with Crippen LogP contribution in [0.2, 0.25) is 0 Å². The van der Waals surface area contributed by atoms with Crippen molar-refractivity contribution < 1.29 is 19.1 Å². The molecule has 1 N–H and O–H groups in total. The molecule has 0 radical (unpaired) electrons. The highest BCUT2D eigenvalue weighted by atomic mass is 16.5. The fourth-order valence-electron chi connectivity index (χ4n) is 1.73. The van der Waals surface area contributed by atoms with Gasteiger partial charge in [0.15, 0.2) is 6.10 Å². The number of carbonyl (C=O) groups is 2. The predicted molar refractivity (Wildman–Crippen MR) is 89.1 cm³/mol. The summed E-state index contributed by atoms with van der Waals surface area (Å²) in [5, 5.41) is 2.74. The van der Waals surface area contributed by atoms with Gasteiger partial charge in [0.05, 0.1) is 18.3 Å². The van der Waals surface area contributed by atoms with Crippen molar-refractivity contribution in [3.05, 3.63) is 35.4 Å². The largest absolute Gasteiger partial charge is 0.449 e. The Hall–Kier alpha value is -1.88. The van der Waals surface area contributed by atoms with Crippen LogP contribution in [0, 0.1) is 5.92 Å². The summed E-state index contributed by atoms with van der Waals surface area (Å²) in [6, 6.07) is 7.01. The lowest BCUT2D eigenvalue weighted by Gasteiger charge is -2.14. The summed E-state index contributed by atoms with van der Waals surface area (Å²) in [4.78, 5) is 23.9. The topological polar surface area (TPSA) is 64.6 Å². The third-order valence-electron chi connectivity index (χ3n) is 3.11. The Morgan fingerprint density at radius 1 is 1.04 bits per heavy atom. The van der Waals surface area contributed by atoms with Crippen LogP contribution in [0.5, 0.6) is 0 Å². The molecule has 0 bridgehead atoms. The highest BCUT2D eigenvalue weighted by Gasteiger charge is 2.18. The molecule has 0 aliphatic heterocycles. The quantitative estimate of drug-likeness (QED) is 0.748. The summed E-state index contributed by atoms with van der Waals surface area (Å²) in [5.74, 6) is -0.440. The minimum Gasteiger partial charge on any atom is -0.449 e. The van der Waals surface area contributed by atoms with Gasteiger partial charge < -0.3 is 14.8 Å². The molecule has 0 unspecified atom stereocenters. The molecule has 23 heavy (non-hydrogen) atoms. The highest BCUT2D eigenvalue weighted by molar-refractivity contribution is 5.92. The van der Waals surface area contributed by atoms with E-state index in [1.165, 1.54) is 0 Å². The number of hydrogen-bond acceptors (Lipinski definition) is 4. The molecule has 5 heteroatoms. The van der Waals surface area contributed by atoms with Crippen molar-refractivity contribution in [2.75, 3.05) is 6.54 Å². The molecule has 0 aliphatic carbocycles. The van der Waals surface area contributed by atoms with E-state index in [1.807, 2.05) is 39.8 Å². The van der Waals surface area contributed by atoms with Crippen LogP contribution in [0.15, 0.2) is 24.3 Å². The van der Waals surface area contributed by atoms with Gasteiger partial charge in [0, 0.05) is 6.54 Å². The molecule has 0 saturated heterocycles. The van der Waals surface area contributed by atoms with Crippen LogP contribution in [-0.4, -0.2) is 30.6 Å². The molecule has 0 aliphatic rings. The molecule has 1 rings (SSSR count). The first-order chi connectivity index (χ1) is 10.8. The second kappa shape index (κ2) is 9.30. The van der Waals surface area contributed by atoms with Crippen LogP contribution in [0.25, 0.3) is 0 Å². The predicted octanol–water partition coefficient (Wildman–Crippen LogP) is 2.93. The van der Waals surface area contributed by atoms with Crippen LogP contribution in [0.4, 0.5) is 0 Å². The minimum absolute atomic E-state index is 0.157. The summed E-state index contributed by atoms with van der Waals surface area (Å²) in [7, 11) is 0. The number of hydrogen-bond donors (Lipinski definition) is 1. The molecule has 0 fully saturated rings. The van der Waals surface area contributed by atoms with Crippen molar-refractivity contribution in [1.29, 1.82) is 0 Å². The first-order valence-electron chi connectivity index (χ1n) is 7.98. The van der Waals surface area contributed by atoms with E-state index in [4.69, 9.17) is 9.47 Å². The first kappa shape index (κ1) is 19.2. The standard InChI is InChI=1S/C18H27NO4/c1-12(2)10-19-17(20)14(5)23-18(21)16-8-6-15(7-9-16)11-22-13(3)4/h6-9,12-14H,10-11H2,1-5H3,(H,19,20)/t14-/m1/s1. The Bertz CT molecular complexity index is 508. The van der Waals surface area contributed by atoms with Crippen molar-refractivity contribution in [3.8, 4) is 0 Å². The normalized spacial score (nSPS) is 12.3. The summed E-state index contributed by atoms with van der Waals surface area (Å²) < 4.78 is 10.7. The fourth-order valence-corrected chi connectivity index (χ4v) is 1.73. The van der Waals surface area contributed by atoms with E-state index in [2.05, 4.69) is 5.32 Å². The second-order valence-electron chi connectivity index (χ2n) is 6.24. The second-order valence-corrected chi connectivity index (χ2v) is 6.24. The lowest BCUT2D eigenvalue weighted by Crippen LogP contribution is -2.37. The van der Waals surface area contributed by atoms with Gasteiger partial charge in [-0.25, -0.2) is 4.79 Å². The number of benzene rings is 1. The van der Waals surface area contributed by atoms with Crippen molar-refractivity contribution >= 4 is 11.9 Å². The number of ether oxygens (including phenoxy) is 2. The van der Waals surface area contributed by atoms with Crippen LogP contribution in [0.3, 0.4) is 0 Å². The SMILES string of the molecule is CC(C)CNC(=O)[C@@H](C)OC(=O)c1ccc(COC(C)C)cc1. The Morgan fingerprint density at radius 2 is 1.65 bits per heavy atom. The number of rotatable bonds is 8. The third kappa shape index (κ3) is 7.28. The van der Waals surface area contributed by atoms with E-state index in [0.29, 0.717) is 24.6 Å². The molecule has 5 nitrogen and oxygen atoms in total. The lowest BCUT2D eigenvalue weighted by atomic mass is 10.1. The molecule has 0 spiro atoms. The van der Waals surface area contributed by atoms with E-state index < -0.39 is 12.1 Å². The molecule has 0 aromatic heterocycles. The molecular formula is C18H27NO4. The van der Waals surface area contributed by atoms with Gasteiger partial charge in [-0.05, 0) is 44.4 Å². The van der Waals surface area contributed by atoms with E-state index in [0.717, 1.165) is 5.56 Å². The smallest absolute Gasteiger partial charge is 0.338 e. The Morgan fingerprint density at radius 3 is 2.17 bits per heavy atom. The molecule has 1 aromatic carbocycles. The summed E-state index contributed by atoms with van der Waals surface area (Å²) in [6.07, 6.45) is -0.657. The number of amides is 1. The summed E-state index contributed by atoms with van der Waals surface area (Å²) in [5.41, 5.74) is 1.40. The fraction of sp³-hybridized carbons (Fsp3) is 0.556. The highest BCUT2D eigenvalue weighted by Crippen LogP contribution is 2.09. The molecule has 1 amide bonds. The zero-order chi connectivity index (χ0) is 17.4. The van der Waals surface area contributed by atoms with Gasteiger partial charge in [0.25, 0.3) is 5.91 Å². The monoisotopic (exact) mass is 321 g/mol. The van der Waals surface area contributed by atoms with Gasteiger partial charge in [-0.1, -0.05) is 26.0 Å². The lowest BCUT2D eigenvalue weighted by molar-refractivity contribution is -0.129. The van der Waals surface area contributed by atoms with Crippen LogP contribution >= 0.6 is 0 Å². The average molecular weight is 321 g/mol. The van der Waals surface area contributed by atoms with Gasteiger partial charge >= 0.3 is 5.97 Å². The van der Waals surface area contributed by atoms with Crippen molar-refractivity contribution in [1.82, 2.24) is 5.32 Å². The Balaban J connectivity index is 2.52. The molecule has 1 aromatic rings. The minimum atomic E-state index is -0.815. The van der Waals surface area contributed by atoms with Gasteiger partial charge in [0.2, 0.25) is 0 Å². The number of nitrogens with one attached hydrogen (secondary N) is 1. The first-order valence-corrected chi connectivity index (χ1v) is 7.98. The van der Waals surface area contributed by atoms with E-state index >= 15 is 0 Å². The maximum absolute atomic E-state index is 12.0. The Kier molecular flexibility index (Phi) is 7.75. The maximum atomic E-state index is 12.0. The van der Waals surface area contributed by atoms with Crippen LogP contribution < -0.4 is 5.32 Å². The van der Waals surface area contributed by atoms with E-state index in [-0.39, 0.29) is 12.0 Å². The van der Waals surface area contributed by atoms with Crippen molar-refractivity contribution in [2.45, 2.75) is 53.4 Å². The molecule has 1 atom stereocenters.